The Morgan fingerprint density at radius 2 is 1.69 bits per heavy atom. The average Bonchev–Trinajstić information content (AvgIpc) is 2.81. The third-order valence-electron chi connectivity index (χ3n) is 5.50. The number of aromatic nitrogens is 1. The molecule has 5 rings (SSSR count). The van der Waals surface area contributed by atoms with E-state index < -0.39 is 0 Å². The molecule has 1 saturated heterocycles. The second kappa shape index (κ2) is 9.19. The normalized spacial score (nSPS) is 16.1. The van der Waals surface area contributed by atoms with Gasteiger partial charge in [-0.2, -0.15) is 0 Å². The first kappa shape index (κ1) is 21.4. The molecule has 1 aromatic heterocycles. The molecule has 0 saturated carbocycles. The number of carbonyl (C=O) groups is 1. The van der Waals surface area contributed by atoms with Crippen LogP contribution in [0.2, 0.25) is 10.0 Å². The zero-order chi connectivity index (χ0) is 22.1. The van der Waals surface area contributed by atoms with E-state index in [0.29, 0.717) is 38.0 Å². The van der Waals surface area contributed by atoms with Crippen molar-refractivity contribution < 1.29 is 4.79 Å². The molecule has 0 atom stereocenters. The van der Waals surface area contributed by atoms with Gasteiger partial charge in [-0.15, -0.1) is 0 Å². The number of halogens is 2. The Balaban J connectivity index is 1.32. The standard InChI is InChI=1S/C23H21Cl2N5OS/c24-18-2-1-3-19(25)21(18)30-14-32-22-17(23(30)31)8-9-20(28-22)27-15-4-6-16(7-5-15)29-12-10-26-11-13-29/h1-9,26H,10-14H2,(H,27,28). The van der Waals surface area contributed by atoms with E-state index in [1.165, 1.54) is 17.4 Å². The summed E-state index contributed by atoms with van der Waals surface area (Å²) in [6.07, 6.45) is 0. The third-order valence-corrected chi connectivity index (χ3v) is 7.08. The highest BCUT2D eigenvalue weighted by atomic mass is 35.5. The molecule has 0 radical (unpaired) electrons. The molecule has 0 aliphatic carbocycles. The topological polar surface area (TPSA) is 60.5 Å². The fraction of sp³-hybridized carbons (Fsp3) is 0.217. The Kier molecular flexibility index (Phi) is 6.15. The molecular weight excluding hydrogens is 465 g/mol. The van der Waals surface area contributed by atoms with Gasteiger partial charge in [0.15, 0.2) is 0 Å². The number of anilines is 4. The smallest absolute Gasteiger partial charge is 0.261 e. The van der Waals surface area contributed by atoms with Crippen molar-refractivity contribution in [1.29, 1.82) is 0 Å². The second-order valence-electron chi connectivity index (χ2n) is 7.54. The second-order valence-corrected chi connectivity index (χ2v) is 9.28. The van der Waals surface area contributed by atoms with Crippen LogP contribution in [0.25, 0.3) is 0 Å². The van der Waals surface area contributed by atoms with Gasteiger partial charge < -0.3 is 15.5 Å². The predicted molar refractivity (Wildman–Crippen MR) is 133 cm³/mol. The lowest BCUT2D eigenvalue weighted by atomic mass is 10.2. The van der Waals surface area contributed by atoms with Gasteiger partial charge in [0.2, 0.25) is 0 Å². The summed E-state index contributed by atoms with van der Waals surface area (Å²) in [5.41, 5.74) is 3.24. The van der Waals surface area contributed by atoms with Crippen LogP contribution in [0.15, 0.2) is 59.6 Å². The van der Waals surface area contributed by atoms with Crippen molar-refractivity contribution >= 4 is 63.8 Å². The number of nitrogens with one attached hydrogen (secondary N) is 2. The first-order valence-electron chi connectivity index (χ1n) is 10.3. The monoisotopic (exact) mass is 485 g/mol. The van der Waals surface area contributed by atoms with Crippen LogP contribution in [-0.4, -0.2) is 42.9 Å². The summed E-state index contributed by atoms with van der Waals surface area (Å²) in [5, 5.41) is 8.30. The highest BCUT2D eigenvalue weighted by molar-refractivity contribution is 7.99. The van der Waals surface area contributed by atoms with E-state index in [1.54, 1.807) is 29.2 Å². The SMILES string of the molecule is O=C1c2ccc(Nc3ccc(N4CCNCC4)cc3)nc2SCN1c1c(Cl)cccc1Cl. The van der Waals surface area contributed by atoms with Crippen LogP contribution in [0.1, 0.15) is 10.4 Å². The summed E-state index contributed by atoms with van der Waals surface area (Å²) in [7, 11) is 0. The molecule has 2 aliphatic heterocycles. The summed E-state index contributed by atoms with van der Waals surface area (Å²) >= 11 is 14.1. The maximum absolute atomic E-state index is 13.1. The van der Waals surface area contributed by atoms with Gasteiger partial charge in [0.25, 0.3) is 5.91 Å². The maximum atomic E-state index is 13.1. The zero-order valence-corrected chi connectivity index (χ0v) is 19.5. The molecule has 3 heterocycles. The number of piperazine rings is 1. The number of hydrogen-bond acceptors (Lipinski definition) is 6. The molecule has 2 N–H and O–H groups in total. The molecule has 2 aliphatic rings. The maximum Gasteiger partial charge on any atom is 0.261 e. The fourth-order valence-corrected chi connectivity index (χ4v) is 5.43. The van der Waals surface area contributed by atoms with Crippen molar-refractivity contribution in [2.24, 2.45) is 0 Å². The van der Waals surface area contributed by atoms with E-state index in [-0.39, 0.29) is 5.91 Å². The molecule has 9 heteroatoms. The lowest BCUT2D eigenvalue weighted by Crippen LogP contribution is -2.43. The van der Waals surface area contributed by atoms with Crippen molar-refractivity contribution in [1.82, 2.24) is 10.3 Å². The number of thioether (sulfide) groups is 1. The Bertz CT molecular complexity index is 1130. The molecule has 0 bridgehead atoms. The molecule has 0 unspecified atom stereocenters. The van der Waals surface area contributed by atoms with Crippen molar-refractivity contribution in [3.63, 3.8) is 0 Å². The van der Waals surface area contributed by atoms with Gasteiger partial charge in [-0.3, -0.25) is 9.69 Å². The van der Waals surface area contributed by atoms with Gasteiger partial charge >= 0.3 is 0 Å². The minimum absolute atomic E-state index is 0.159. The summed E-state index contributed by atoms with van der Waals surface area (Å²) in [5.74, 6) is 0.932. The summed E-state index contributed by atoms with van der Waals surface area (Å²) in [6.45, 7) is 4.05. The number of nitrogens with zero attached hydrogens (tertiary/aromatic N) is 3. The molecule has 6 nitrogen and oxygen atoms in total. The molecule has 32 heavy (non-hydrogen) atoms. The van der Waals surface area contributed by atoms with Crippen molar-refractivity contribution in [3.8, 4) is 0 Å². The first-order valence-corrected chi connectivity index (χ1v) is 12.1. The predicted octanol–water partition coefficient (Wildman–Crippen LogP) is 5.25. The van der Waals surface area contributed by atoms with Crippen LogP contribution in [0.3, 0.4) is 0 Å². The minimum Gasteiger partial charge on any atom is -0.369 e. The molecule has 1 fully saturated rings. The Morgan fingerprint density at radius 1 is 0.969 bits per heavy atom. The van der Waals surface area contributed by atoms with Crippen LogP contribution < -0.4 is 20.4 Å². The van der Waals surface area contributed by atoms with Gasteiger partial charge in [0.1, 0.15) is 10.8 Å². The summed E-state index contributed by atoms with van der Waals surface area (Å²) in [6, 6.07) is 17.2. The van der Waals surface area contributed by atoms with E-state index in [1.807, 2.05) is 6.07 Å². The van der Waals surface area contributed by atoms with Crippen molar-refractivity contribution in [2.75, 3.05) is 47.2 Å². The van der Waals surface area contributed by atoms with Gasteiger partial charge in [-0.25, -0.2) is 4.98 Å². The number of rotatable bonds is 4. The van der Waals surface area contributed by atoms with Crippen LogP contribution in [-0.2, 0) is 0 Å². The zero-order valence-electron chi connectivity index (χ0n) is 17.1. The average molecular weight is 486 g/mol. The number of para-hydroxylation sites is 1. The van der Waals surface area contributed by atoms with Gasteiger partial charge in [-0.05, 0) is 48.5 Å². The molecule has 164 valence electrons. The van der Waals surface area contributed by atoms with Gasteiger partial charge in [0, 0.05) is 37.6 Å². The molecule has 1 amide bonds. The van der Waals surface area contributed by atoms with Gasteiger partial charge in [0.05, 0.1) is 27.2 Å². The lowest BCUT2D eigenvalue weighted by molar-refractivity contribution is 0.0986. The highest BCUT2D eigenvalue weighted by Gasteiger charge is 2.30. The molecular formula is C23H21Cl2N5OS. The van der Waals surface area contributed by atoms with Crippen molar-refractivity contribution in [2.45, 2.75) is 5.03 Å². The molecule has 3 aromatic rings. The number of hydrogen-bond donors (Lipinski definition) is 2. The molecule has 2 aromatic carbocycles. The largest absolute Gasteiger partial charge is 0.369 e. The summed E-state index contributed by atoms with van der Waals surface area (Å²) in [4.78, 5) is 21.7. The molecule has 0 spiro atoms. The number of fused-ring (bicyclic) bond motifs is 1. The Morgan fingerprint density at radius 3 is 2.41 bits per heavy atom. The van der Waals surface area contributed by atoms with E-state index in [0.717, 1.165) is 31.9 Å². The number of benzene rings is 2. The third kappa shape index (κ3) is 4.26. The van der Waals surface area contributed by atoms with Crippen LogP contribution >= 0.6 is 35.0 Å². The lowest BCUT2D eigenvalue weighted by Gasteiger charge is -2.29. The minimum atomic E-state index is -0.159. The Hall–Kier alpha value is -2.45. The van der Waals surface area contributed by atoms with Crippen molar-refractivity contribution in [3.05, 3.63) is 70.2 Å². The van der Waals surface area contributed by atoms with Crippen LogP contribution in [0, 0.1) is 0 Å². The fourth-order valence-electron chi connectivity index (χ4n) is 3.85. The number of carbonyl (C=O) groups excluding carboxylic acids is 1. The Labute approximate surface area is 200 Å². The van der Waals surface area contributed by atoms with E-state index in [2.05, 4.69) is 44.8 Å². The number of pyridine rings is 1. The van der Waals surface area contributed by atoms with E-state index in [9.17, 15) is 4.79 Å². The number of amides is 1. The van der Waals surface area contributed by atoms with Crippen LogP contribution in [0.5, 0.6) is 0 Å². The van der Waals surface area contributed by atoms with Crippen LogP contribution in [0.4, 0.5) is 22.9 Å². The van der Waals surface area contributed by atoms with Gasteiger partial charge in [-0.1, -0.05) is 41.0 Å². The van der Waals surface area contributed by atoms with E-state index >= 15 is 0 Å². The quantitative estimate of drug-likeness (QED) is 0.525. The van der Waals surface area contributed by atoms with E-state index in [4.69, 9.17) is 23.2 Å². The summed E-state index contributed by atoms with van der Waals surface area (Å²) < 4.78 is 0. The first-order chi connectivity index (χ1) is 15.6. The highest BCUT2D eigenvalue weighted by Crippen LogP contribution is 2.39.